The first-order chi connectivity index (χ1) is 14.4. The van der Waals surface area contributed by atoms with Gasteiger partial charge in [0.15, 0.2) is 17.5 Å². The molecule has 0 aromatic heterocycles. The summed E-state index contributed by atoms with van der Waals surface area (Å²) >= 11 is 0. The van der Waals surface area contributed by atoms with Gasteiger partial charge in [-0.15, -0.1) is 0 Å². The summed E-state index contributed by atoms with van der Waals surface area (Å²) in [5, 5.41) is -0.0973. The monoisotopic (exact) mass is 418 g/mol. The molecule has 0 unspecified atom stereocenters. The van der Waals surface area contributed by atoms with Gasteiger partial charge in [0.05, 0.1) is 5.56 Å². The Morgan fingerprint density at radius 3 is 2.07 bits per heavy atom. The van der Waals surface area contributed by atoms with Gasteiger partial charge in [-0.25, -0.2) is 22.0 Å². The van der Waals surface area contributed by atoms with E-state index in [1.165, 1.54) is 36.8 Å². The zero-order valence-electron chi connectivity index (χ0n) is 16.8. The molecular weight excluding hydrogens is 395 g/mol. The Bertz CT molecular complexity index is 1060. The molecule has 30 heavy (non-hydrogen) atoms. The number of hydrogen-bond acceptors (Lipinski definition) is 0. The van der Waals surface area contributed by atoms with Crippen molar-refractivity contribution in [1.29, 1.82) is 0 Å². The quantitative estimate of drug-likeness (QED) is 0.295. The molecule has 0 N–H and O–H groups in total. The maximum Gasteiger partial charge on any atom is 0.195 e. The minimum absolute atomic E-state index is 0.0426. The fourth-order valence-electron chi connectivity index (χ4n) is 4.76. The number of hydrogen-bond donors (Lipinski definition) is 0. The molecule has 0 nitrogen and oxygen atoms in total. The zero-order chi connectivity index (χ0) is 21.4. The SMILES string of the molecule is CCC[C@H]1CC[C@H](c2cc(F)c(-c3ccc4c(F)c(F)c(F)cc4c3)c(F)c2)CC1. The van der Waals surface area contributed by atoms with E-state index in [9.17, 15) is 22.0 Å². The van der Waals surface area contributed by atoms with Crippen molar-refractivity contribution in [2.75, 3.05) is 0 Å². The topological polar surface area (TPSA) is 0 Å². The van der Waals surface area contributed by atoms with E-state index in [1.54, 1.807) is 0 Å². The van der Waals surface area contributed by atoms with Crippen LogP contribution in [-0.2, 0) is 0 Å². The summed E-state index contributed by atoms with van der Waals surface area (Å²) in [5.74, 6) is -4.79. The second-order valence-electron chi connectivity index (χ2n) is 8.29. The van der Waals surface area contributed by atoms with E-state index in [4.69, 9.17) is 0 Å². The van der Waals surface area contributed by atoms with Gasteiger partial charge in [0.25, 0.3) is 0 Å². The molecule has 1 aliphatic rings. The molecule has 0 radical (unpaired) electrons. The number of halogens is 5. The molecule has 5 heteroatoms. The zero-order valence-corrected chi connectivity index (χ0v) is 16.8. The van der Waals surface area contributed by atoms with Gasteiger partial charge in [0.2, 0.25) is 0 Å². The predicted octanol–water partition coefficient (Wildman–Crippen LogP) is 8.28. The van der Waals surface area contributed by atoms with Gasteiger partial charge in [0.1, 0.15) is 11.6 Å². The first kappa shape index (κ1) is 20.8. The molecule has 3 aromatic rings. The maximum absolute atomic E-state index is 14.9. The van der Waals surface area contributed by atoms with Gasteiger partial charge in [-0.3, -0.25) is 0 Å². The largest absolute Gasteiger partial charge is 0.206 e. The second-order valence-corrected chi connectivity index (χ2v) is 8.29. The summed E-state index contributed by atoms with van der Waals surface area (Å²) < 4.78 is 70.8. The molecule has 3 aromatic carbocycles. The lowest BCUT2D eigenvalue weighted by molar-refractivity contribution is 0.307. The fourth-order valence-corrected chi connectivity index (χ4v) is 4.76. The number of fused-ring (bicyclic) bond motifs is 1. The van der Waals surface area contributed by atoms with Crippen LogP contribution < -0.4 is 0 Å². The summed E-state index contributed by atoms with van der Waals surface area (Å²) in [7, 11) is 0. The summed E-state index contributed by atoms with van der Waals surface area (Å²) in [4.78, 5) is 0. The third-order valence-corrected chi connectivity index (χ3v) is 6.34. The molecule has 0 spiro atoms. The van der Waals surface area contributed by atoms with Gasteiger partial charge in [-0.2, -0.15) is 0 Å². The minimum Gasteiger partial charge on any atom is -0.206 e. The molecule has 0 saturated heterocycles. The van der Waals surface area contributed by atoms with Gasteiger partial charge >= 0.3 is 0 Å². The van der Waals surface area contributed by atoms with E-state index in [2.05, 4.69) is 6.92 Å². The van der Waals surface area contributed by atoms with Gasteiger partial charge < -0.3 is 0 Å². The highest BCUT2D eigenvalue weighted by Gasteiger charge is 2.24. The van der Waals surface area contributed by atoms with Crippen molar-refractivity contribution in [3.63, 3.8) is 0 Å². The van der Waals surface area contributed by atoms with Gasteiger partial charge in [-0.05, 0) is 78.3 Å². The lowest BCUT2D eigenvalue weighted by atomic mass is 9.77. The van der Waals surface area contributed by atoms with Crippen LogP contribution in [-0.4, -0.2) is 0 Å². The number of benzene rings is 3. The summed E-state index contributed by atoms with van der Waals surface area (Å²) in [6.07, 6.45) is 6.33. The van der Waals surface area contributed by atoms with E-state index in [1.807, 2.05) is 0 Å². The second kappa shape index (κ2) is 8.37. The van der Waals surface area contributed by atoms with Crippen molar-refractivity contribution in [3.05, 3.63) is 71.0 Å². The predicted molar refractivity (Wildman–Crippen MR) is 109 cm³/mol. The van der Waals surface area contributed by atoms with Crippen LogP contribution in [0.5, 0.6) is 0 Å². The smallest absolute Gasteiger partial charge is 0.195 e. The Balaban J connectivity index is 1.66. The van der Waals surface area contributed by atoms with Crippen LogP contribution >= 0.6 is 0 Å². The Hall–Kier alpha value is -2.43. The molecule has 0 atom stereocenters. The van der Waals surface area contributed by atoms with Crippen LogP contribution in [0.3, 0.4) is 0 Å². The highest BCUT2D eigenvalue weighted by atomic mass is 19.2. The number of rotatable bonds is 4. The standard InChI is InChI=1S/C25H23F5/c1-2-3-14-4-6-15(7-5-14)17-11-20(26)23(21(27)12-17)16-8-9-19-18(10-16)13-22(28)25(30)24(19)29/h8-15H,2-7H2,1H3/t14-,15-. The molecule has 1 fully saturated rings. The van der Waals surface area contributed by atoms with Crippen molar-refractivity contribution in [3.8, 4) is 11.1 Å². The van der Waals surface area contributed by atoms with E-state index in [0.29, 0.717) is 11.5 Å². The lowest BCUT2D eigenvalue weighted by Gasteiger charge is -2.29. The molecule has 0 amide bonds. The first-order valence-corrected chi connectivity index (χ1v) is 10.5. The molecular formula is C25H23F5. The summed E-state index contributed by atoms with van der Waals surface area (Å²) in [6, 6.07) is 7.39. The average Bonchev–Trinajstić information content (AvgIpc) is 2.72. The van der Waals surface area contributed by atoms with Gasteiger partial charge in [0, 0.05) is 5.39 Å². The molecule has 0 aliphatic heterocycles. The van der Waals surface area contributed by atoms with Gasteiger partial charge in [-0.1, -0.05) is 31.9 Å². The maximum atomic E-state index is 14.9. The first-order valence-electron chi connectivity index (χ1n) is 10.5. The van der Waals surface area contributed by atoms with Crippen LogP contribution in [0, 0.1) is 35.0 Å². The molecule has 1 aliphatic carbocycles. The van der Waals surface area contributed by atoms with E-state index >= 15 is 0 Å². The third-order valence-electron chi connectivity index (χ3n) is 6.34. The average molecular weight is 418 g/mol. The fraction of sp³-hybridized carbons (Fsp3) is 0.360. The van der Waals surface area contributed by atoms with Crippen molar-refractivity contribution < 1.29 is 22.0 Å². The third kappa shape index (κ3) is 3.82. The minimum atomic E-state index is -1.56. The highest BCUT2D eigenvalue weighted by molar-refractivity contribution is 5.88. The highest BCUT2D eigenvalue weighted by Crippen LogP contribution is 2.40. The Morgan fingerprint density at radius 2 is 1.43 bits per heavy atom. The van der Waals surface area contributed by atoms with Crippen molar-refractivity contribution in [2.45, 2.75) is 51.4 Å². The van der Waals surface area contributed by atoms with Crippen molar-refractivity contribution in [2.24, 2.45) is 5.92 Å². The molecule has 158 valence electrons. The lowest BCUT2D eigenvalue weighted by Crippen LogP contribution is -2.13. The van der Waals surface area contributed by atoms with Crippen LogP contribution in [0.4, 0.5) is 22.0 Å². The van der Waals surface area contributed by atoms with Crippen LogP contribution in [0.15, 0.2) is 36.4 Å². The van der Waals surface area contributed by atoms with Crippen molar-refractivity contribution >= 4 is 10.8 Å². The molecule has 0 heterocycles. The van der Waals surface area contributed by atoms with Crippen LogP contribution in [0.2, 0.25) is 0 Å². The molecule has 4 rings (SSSR count). The Morgan fingerprint density at radius 1 is 0.767 bits per heavy atom. The van der Waals surface area contributed by atoms with E-state index in [-0.39, 0.29) is 27.8 Å². The molecule has 0 bridgehead atoms. The summed E-state index contributed by atoms with van der Waals surface area (Å²) in [5.41, 5.74) is 0.565. The Kier molecular flexibility index (Phi) is 5.81. The van der Waals surface area contributed by atoms with Crippen LogP contribution in [0.25, 0.3) is 21.9 Å². The summed E-state index contributed by atoms with van der Waals surface area (Å²) in [6.45, 7) is 2.17. The normalized spacial score (nSPS) is 19.4. The van der Waals surface area contributed by atoms with Crippen LogP contribution in [0.1, 0.15) is 56.9 Å². The van der Waals surface area contributed by atoms with Crippen molar-refractivity contribution in [1.82, 2.24) is 0 Å². The van der Waals surface area contributed by atoms with E-state index in [0.717, 1.165) is 38.2 Å². The molecule has 1 saturated carbocycles. The Labute approximate surface area is 172 Å². The van der Waals surface area contributed by atoms with E-state index < -0.39 is 29.1 Å².